The summed E-state index contributed by atoms with van der Waals surface area (Å²) in [6.45, 7) is 3.91. The summed E-state index contributed by atoms with van der Waals surface area (Å²) in [5.41, 5.74) is 6.02. The molecule has 1 aromatic rings. The van der Waals surface area contributed by atoms with Crippen LogP contribution < -0.4 is 5.73 Å². The SMILES string of the molecule is CCC1CN(C(=O)Cn2cncn2)CCC1N. The molecule has 0 aliphatic carbocycles. The Morgan fingerprint density at radius 3 is 3.06 bits per heavy atom. The first-order valence-corrected chi connectivity index (χ1v) is 6.06. The van der Waals surface area contributed by atoms with E-state index < -0.39 is 0 Å². The molecule has 17 heavy (non-hydrogen) atoms. The molecule has 1 saturated heterocycles. The lowest BCUT2D eigenvalue weighted by Gasteiger charge is -2.36. The van der Waals surface area contributed by atoms with E-state index in [9.17, 15) is 4.79 Å². The molecule has 1 amide bonds. The van der Waals surface area contributed by atoms with Crippen LogP contribution in [0, 0.1) is 5.92 Å². The monoisotopic (exact) mass is 237 g/mol. The minimum atomic E-state index is 0.0980. The average molecular weight is 237 g/mol. The molecule has 6 heteroatoms. The van der Waals surface area contributed by atoms with Crippen LogP contribution in [0.3, 0.4) is 0 Å². The number of rotatable bonds is 3. The van der Waals surface area contributed by atoms with Crippen LogP contribution in [-0.4, -0.2) is 44.7 Å². The lowest BCUT2D eigenvalue weighted by molar-refractivity contribution is -0.134. The molecule has 0 spiro atoms. The van der Waals surface area contributed by atoms with Gasteiger partial charge in [0.15, 0.2) is 0 Å². The van der Waals surface area contributed by atoms with Gasteiger partial charge in [-0.05, 0) is 12.3 Å². The maximum absolute atomic E-state index is 12.0. The molecule has 94 valence electrons. The minimum absolute atomic E-state index is 0.0980. The zero-order valence-electron chi connectivity index (χ0n) is 10.1. The topological polar surface area (TPSA) is 77.0 Å². The van der Waals surface area contributed by atoms with Crippen molar-refractivity contribution in [3.05, 3.63) is 12.7 Å². The van der Waals surface area contributed by atoms with Crippen LogP contribution >= 0.6 is 0 Å². The summed E-state index contributed by atoms with van der Waals surface area (Å²) >= 11 is 0. The molecular formula is C11H19N5O. The van der Waals surface area contributed by atoms with Gasteiger partial charge in [-0.15, -0.1) is 0 Å². The fourth-order valence-electron chi connectivity index (χ4n) is 2.26. The number of carbonyl (C=O) groups is 1. The lowest BCUT2D eigenvalue weighted by atomic mass is 9.91. The fourth-order valence-corrected chi connectivity index (χ4v) is 2.26. The smallest absolute Gasteiger partial charge is 0.244 e. The number of amides is 1. The molecule has 6 nitrogen and oxygen atoms in total. The number of aromatic nitrogens is 3. The number of piperidine rings is 1. The van der Waals surface area contributed by atoms with Crippen molar-refractivity contribution in [3.8, 4) is 0 Å². The number of hydrogen-bond donors (Lipinski definition) is 1. The quantitative estimate of drug-likeness (QED) is 0.794. The first-order valence-electron chi connectivity index (χ1n) is 6.06. The summed E-state index contributed by atoms with van der Waals surface area (Å²) in [6, 6.07) is 0.232. The molecule has 2 rings (SSSR count). The second-order valence-electron chi connectivity index (χ2n) is 4.55. The molecule has 0 bridgehead atoms. The summed E-state index contributed by atoms with van der Waals surface area (Å²) in [4.78, 5) is 17.7. The molecule has 1 fully saturated rings. The van der Waals surface area contributed by atoms with Crippen molar-refractivity contribution in [1.29, 1.82) is 0 Å². The first-order chi connectivity index (χ1) is 8.20. The molecule has 2 unspecified atom stereocenters. The van der Waals surface area contributed by atoms with Gasteiger partial charge in [0.25, 0.3) is 0 Å². The van der Waals surface area contributed by atoms with Crippen molar-refractivity contribution in [3.63, 3.8) is 0 Å². The molecule has 1 aliphatic rings. The highest BCUT2D eigenvalue weighted by atomic mass is 16.2. The van der Waals surface area contributed by atoms with Gasteiger partial charge < -0.3 is 10.6 Å². The molecule has 1 aliphatic heterocycles. The van der Waals surface area contributed by atoms with Crippen molar-refractivity contribution in [2.24, 2.45) is 11.7 Å². The molecule has 0 aromatic carbocycles. The third-order valence-electron chi connectivity index (χ3n) is 3.43. The van der Waals surface area contributed by atoms with Crippen LogP contribution in [0.4, 0.5) is 0 Å². The van der Waals surface area contributed by atoms with Gasteiger partial charge in [0, 0.05) is 19.1 Å². The van der Waals surface area contributed by atoms with E-state index in [-0.39, 0.29) is 18.5 Å². The predicted molar refractivity (Wildman–Crippen MR) is 63.0 cm³/mol. The van der Waals surface area contributed by atoms with Crippen LogP contribution in [0.15, 0.2) is 12.7 Å². The molecule has 2 atom stereocenters. The van der Waals surface area contributed by atoms with Crippen LogP contribution in [0.1, 0.15) is 19.8 Å². The largest absolute Gasteiger partial charge is 0.341 e. The third kappa shape index (κ3) is 2.82. The van der Waals surface area contributed by atoms with Crippen LogP contribution in [0.5, 0.6) is 0 Å². The zero-order valence-corrected chi connectivity index (χ0v) is 10.1. The van der Waals surface area contributed by atoms with E-state index in [4.69, 9.17) is 5.73 Å². The van der Waals surface area contributed by atoms with E-state index in [2.05, 4.69) is 17.0 Å². The van der Waals surface area contributed by atoms with Crippen molar-refractivity contribution in [1.82, 2.24) is 19.7 Å². The second-order valence-corrected chi connectivity index (χ2v) is 4.55. The van der Waals surface area contributed by atoms with Gasteiger partial charge in [0.1, 0.15) is 19.2 Å². The van der Waals surface area contributed by atoms with Gasteiger partial charge in [-0.2, -0.15) is 5.10 Å². The van der Waals surface area contributed by atoms with Gasteiger partial charge in [-0.25, -0.2) is 9.67 Å². The number of likely N-dealkylation sites (tertiary alicyclic amines) is 1. The Labute approximate surface area is 101 Å². The number of hydrogen-bond acceptors (Lipinski definition) is 4. The molecule has 0 radical (unpaired) electrons. The van der Waals surface area contributed by atoms with E-state index in [1.807, 2.05) is 4.90 Å². The Balaban J connectivity index is 1.91. The van der Waals surface area contributed by atoms with Gasteiger partial charge in [0.05, 0.1) is 0 Å². The summed E-state index contributed by atoms with van der Waals surface area (Å²) in [5, 5.41) is 3.94. The molecule has 1 aromatic heterocycles. The average Bonchev–Trinajstić information content (AvgIpc) is 2.82. The first kappa shape index (κ1) is 12.0. The number of nitrogens with zero attached hydrogens (tertiary/aromatic N) is 4. The number of carbonyl (C=O) groups excluding carboxylic acids is 1. The second kappa shape index (κ2) is 5.27. The normalized spacial score (nSPS) is 24.9. The molecule has 2 N–H and O–H groups in total. The van der Waals surface area contributed by atoms with Crippen molar-refractivity contribution in [2.75, 3.05) is 13.1 Å². The van der Waals surface area contributed by atoms with E-state index in [0.29, 0.717) is 5.92 Å². The van der Waals surface area contributed by atoms with E-state index in [1.165, 1.54) is 6.33 Å². The highest BCUT2D eigenvalue weighted by molar-refractivity contribution is 5.76. The van der Waals surface area contributed by atoms with Crippen LogP contribution in [-0.2, 0) is 11.3 Å². The summed E-state index contributed by atoms with van der Waals surface area (Å²) < 4.78 is 1.55. The molecule has 2 heterocycles. The number of nitrogens with two attached hydrogens (primary N) is 1. The zero-order chi connectivity index (χ0) is 12.3. The van der Waals surface area contributed by atoms with E-state index >= 15 is 0 Å². The predicted octanol–water partition coefficient (Wildman–Crippen LogP) is -0.136. The van der Waals surface area contributed by atoms with Gasteiger partial charge >= 0.3 is 0 Å². The van der Waals surface area contributed by atoms with E-state index in [1.54, 1.807) is 11.0 Å². The standard InChI is InChI=1S/C11H19N5O/c1-2-9-5-15(4-3-10(9)12)11(17)6-16-8-13-7-14-16/h7-10H,2-6,12H2,1H3. The van der Waals surface area contributed by atoms with E-state index in [0.717, 1.165) is 25.9 Å². The van der Waals surface area contributed by atoms with Gasteiger partial charge in [-0.3, -0.25) is 4.79 Å². The Hall–Kier alpha value is -1.43. The summed E-state index contributed by atoms with van der Waals surface area (Å²) in [7, 11) is 0. The molecule has 0 saturated carbocycles. The maximum Gasteiger partial charge on any atom is 0.244 e. The minimum Gasteiger partial charge on any atom is -0.341 e. The Morgan fingerprint density at radius 1 is 1.59 bits per heavy atom. The summed E-state index contributed by atoms with van der Waals surface area (Å²) in [6.07, 6.45) is 4.91. The summed E-state index contributed by atoms with van der Waals surface area (Å²) in [5.74, 6) is 0.518. The van der Waals surface area contributed by atoms with Crippen molar-refractivity contribution < 1.29 is 4.79 Å². The van der Waals surface area contributed by atoms with Crippen molar-refractivity contribution in [2.45, 2.75) is 32.4 Å². The van der Waals surface area contributed by atoms with Gasteiger partial charge in [0.2, 0.25) is 5.91 Å². The Bertz CT molecular complexity index is 364. The highest BCUT2D eigenvalue weighted by Crippen LogP contribution is 2.18. The Morgan fingerprint density at radius 2 is 2.41 bits per heavy atom. The highest BCUT2D eigenvalue weighted by Gasteiger charge is 2.27. The maximum atomic E-state index is 12.0. The van der Waals surface area contributed by atoms with Crippen molar-refractivity contribution >= 4 is 5.91 Å². The third-order valence-corrected chi connectivity index (χ3v) is 3.43. The van der Waals surface area contributed by atoms with Gasteiger partial charge in [-0.1, -0.05) is 13.3 Å². The lowest BCUT2D eigenvalue weighted by Crippen LogP contribution is -2.49. The molecular weight excluding hydrogens is 218 g/mol. The Kier molecular flexibility index (Phi) is 3.73. The fraction of sp³-hybridized carbons (Fsp3) is 0.727. The van der Waals surface area contributed by atoms with Crippen LogP contribution in [0.25, 0.3) is 0 Å². The van der Waals surface area contributed by atoms with Crippen LogP contribution in [0.2, 0.25) is 0 Å².